The molecule has 1 N–H and O–H groups in total. The maximum absolute atomic E-state index is 11.9. The Morgan fingerprint density at radius 1 is 1.00 bits per heavy atom. The van der Waals surface area contributed by atoms with Crippen molar-refractivity contribution in [1.82, 2.24) is 5.32 Å². The molecular weight excluding hydrogens is 314 g/mol. The standard InChI is InChI=1S/C21H27NO3/c1-16-9-11-17(12-10-16)24-14-13-22-20(23)15-25-19-8-6-5-7-18(19)21(2,3)4/h5-12H,13-15H2,1-4H3,(H,22,23). The van der Waals surface area contributed by atoms with E-state index in [9.17, 15) is 4.79 Å². The van der Waals surface area contributed by atoms with Crippen molar-refractivity contribution in [2.45, 2.75) is 33.1 Å². The molecule has 0 unspecified atom stereocenters. The first-order valence-corrected chi connectivity index (χ1v) is 8.55. The highest BCUT2D eigenvalue weighted by atomic mass is 16.5. The third-order valence-electron chi connectivity index (χ3n) is 3.77. The number of aryl methyl sites for hydroxylation is 1. The molecule has 1 amide bonds. The van der Waals surface area contributed by atoms with Crippen molar-refractivity contribution in [3.8, 4) is 11.5 Å². The van der Waals surface area contributed by atoms with Gasteiger partial charge in [0.1, 0.15) is 18.1 Å². The molecule has 2 aromatic rings. The van der Waals surface area contributed by atoms with Crippen LogP contribution < -0.4 is 14.8 Å². The van der Waals surface area contributed by atoms with E-state index in [2.05, 4.69) is 26.1 Å². The summed E-state index contributed by atoms with van der Waals surface area (Å²) in [6.45, 7) is 9.26. The molecule has 0 aliphatic carbocycles. The van der Waals surface area contributed by atoms with Gasteiger partial charge in [0, 0.05) is 0 Å². The lowest BCUT2D eigenvalue weighted by Crippen LogP contribution is -2.32. The van der Waals surface area contributed by atoms with Gasteiger partial charge in [-0.3, -0.25) is 4.79 Å². The maximum atomic E-state index is 11.9. The van der Waals surface area contributed by atoms with Gasteiger partial charge in [0.15, 0.2) is 6.61 Å². The molecule has 0 bridgehead atoms. The molecule has 0 saturated carbocycles. The fraction of sp³-hybridized carbons (Fsp3) is 0.381. The van der Waals surface area contributed by atoms with E-state index in [0.29, 0.717) is 13.2 Å². The van der Waals surface area contributed by atoms with Crippen LogP contribution in [-0.2, 0) is 10.2 Å². The summed E-state index contributed by atoms with van der Waals surface area (Å²) in [6.07, 6.45) is 0. The van der Waals surface area contributed by atoms with E-state index in [-0.39, 0.29) is 17.9 Å². The van der Waals surface area contributed by atoms with Crippen molar-refractivity contribution in [3.63, 3.8) is 0 Å². The smallest absolute Gasteiger partial charge is 0.258 e. The van der Waals surface area contributed by atoms with Crippen molar-refractivity contribution < 1.29 is 14.3 Å². The van der Waals surface area contributed by atoms with Gasteiger partial charge in [-0.15, -0.1) is 0 Å². The maximum Gasteiger partial charge on any atom is 0.258 e. The quantitative estimate of drug-likeness (QED) is 0.778. The van der Waals surface area contributed by atoms with Crippen molar-refractivity contribution in [2.75, 3.05) is 19.8 Å². The van der Waals surface area contributed by atoms with Crippen LogP contribution >= 0.6 is 0 Å². The number of nitrogens with one attached hydrogen (secondary N) is 1. The van der Waals surface area contributed by atoms with Gasteiger partial charge >= 0.3 is 0 Å². The summed E-state index contributed by atoms with van der Waals surface area (Å²) in [6, 6.07) is 15.7. The molecule has 0 aliphatic heterocycles. The lowest BCUT2D eigenvalue weighted by atomic mass is 9.86. The first kappa shape index (κ1) is 18.8. The Balaban J connectivity index is 1.73. The lowest BCUT2D eigenvalue weighted by Gasteiger charge is -2.22. The minimum Gasteiger partial charge on any atom is -0.492 e. The molecule has 0 spiro atoms. The van der Waals surface area contributed by atoms with Crippen molar-refractivity contribution in [1.29, 1.82) is 0 Å². The van der Waals surface area contributed by atoms with Gasteiger partial charge in [-0.1, -0.05) is 56.7 Å². The summed E-state index contributed by atoms with van der Waals surface area (Å²) in [7, 11) is 0. The molecule has 0 fully saturated rings. The van der Waals surface area contributed by atoms with E-state index >= 15 is 0 Å². The van der Waals surface area contributed by atoms with Crippen LogP contribution in [0, 0.1) is 6.92 Å². The molecular formula is C21H27NO3. The fourth-order valence-electron chi connectivity index (χ4n) is 2.40. The van der Waals surface area contributed by atoms with Gasteiger partial charge in [-0.2, -0.15) is 0 Å². The fourth-order valence-corrected chi connectivity index (χ4v) is 2.40. The SMILES string of the molecule is Cc1ccc(OCCNC(=O)COc2ccccc2C(C)(C)C)cc1. The van der Waals surface area contributed by atoms with Gasteiger partial charge in [0.25, 0.3) is 5.91 Å². The second kappa shape index (κ2) is 8.56. The molecule has 2 aromatic carbocycles. The van der Waals surface area contributed by atoms with Crippen LogP contribution in [0.4, 0.5) is 0 Å². The Morgan fingerprint density at radius 3 is 2.36 bits per heavy atom. The Bertz CT molecular complexity index is 687. The zero-order valence-corrected chi connectivity index (χ0v) is 15.5. The Kier molecular flexibility index (Phi) is 6.45. The van der Waals surface area contributed by atoms with E-state index < -0.39 is 0 Å². The molecule has 4 nitrogen and oxygen atoms in total. The van der Waals surface area contributed by atoms with Gasteiger partial charge in [0.05, 0.1) is 6.54 Å². The number of carbonyl (C=O) groups is 1. The van der Waals surface area contributed by atoms with E-state index in [1.807, 2.05) is 55.5 Å². The number of rotatable bonds is 7. The summed E-state index contributed by atoms with van der Waals surface area (Å²) in [5.41, 5.74) is 2.24. The molecule has 4 heteroatoms. The van der Waals surface area contributed by atoms with Crippen molar-refractivity contribution in [2.24, 2.45) is 0 Å². The van der Waals surface area contributed by atoms with Crippen LogP contribution in [0.1, 0.15) is 31.9 Å². The Labute approximate surface area is 150 Å². The van der Waals surface area contributed by atoms with Gasteiger partial charge < -0.3 is 14.8 Å². The number of amides is 1. The van der Waals surface area contributed by atoms with Crippen LogP contribution in [0.3, 0.4) is 0 Å². The average molecular weight is 341 g/mol. The molecule has 0 radical (unpaired) electrons. The molecule has 134 valence electrons. The van der Waals surface area contributed by atoms with Crippen LogP contribution in [0.25, 0.3) is 0 Å². The molecule has 0 atom stereocenters. The molecule has 0 aliphatic rings. The predicted molar refractivity (Wildman–Crippen MR) is 100 cm³/mol. The highest BCUT2D eigenvalue weighted by molar-refractivity contribution is 5.77. The van der Waals surface area contributed by atoms with Crippen LogP contribution in [0.15, 0.2) is 48.5 Å². The summed E-state index contributed by atoms with van der Waals surface area (Å²) in [5, 5.41) is 2.80. The van der Waals surface area contributed by atoms with Gasteiger partial charge in [-0.25, -0.2) is 0 Å². The van der Waals surface area contributed by atoms with Crippen molar-refractivity contribution in [3.05, 3.63) is 59.7 Å². The lowest BCUT2D eigenvalue weighted by molar-refractivity contribution is -0.123. The van der Waals surface area contributed by atoms with Gasteiger partial charge in [0.2, 0.25) is 0 Å². The highest BCUT2D eigenvalue weighted by Crippen LogP contribution is 2.30. The Hall–Kier alpha value is -2.49. The minimum absolute atomic E-state index is 0.00236. The van der Waals surface area contributed by atoms with Crippen LogP contribution in [0.2, 0.25) is 0 Å². The third-order valence-corrected chi connectivity index (χ3v) is 3.77. The van der Waals surface area contributed by atoms with E-state index in [1.165, 1.54) is 5.56 Å². The minimum atomic E-state index is -0.156. The zero-order chi connectivity index (χ0) is 18.3. The number of carbonyl (C=O) groups excluding carboxylic acids is 1. The number of benzene rings is 2. The predicted octanol–water partition coefficient (Wildman–Crippen LogP) is 3.87. The number of hydrogen-bond donors (Lipinski definition) is 1. The first-order valence-electron chi connectivity index (χ1n) is 8.55. The third kappa shape index (κ3) is 6.14. The number of ether oxygens (including phenoxy) is 2. The topological polar surface area (TPSA) is 47.6 Å². The zero-order valence-electron chi connectivity index (χ0n) is 15.5. The van der Waals surface area contributed by atoms with Crippen molar-refractivity contribution >= 4 is 5.91 Å². The number of para-hydroxylation sites is 1. The monoisotopic (exact) mass is 341 g/mol. The van der Waals surface area contributed by atoms with E-state index in [0.717, 1.165) is 17.1 Å². The second-order valence-corrected chi connectivity index (χ2v) is 7.05. The molecule has 0 heterocycles. The molecule has 25 heavy (non-hydrogen) atoms. The van der Waals surface area contributed by atoms with Crippen LogP contribution in [0.5, 0.6) is 11.5 Å². The van der Waals surface area contributed by atoms with E-state index in [4.69, 9.17) is 9.47 Å². The molecule has 0 aromatic heterocycles. The van der Waals surface area contributed by atoms with Crippen LogP contribution in [-0.4, -0.2) is 25.7 Å². The normalized spacial score (nSPS) is 11.0. The molecule has 2 rings (SSSR count). The average Bonchev–Trinajstić information content (AvgIpc) is 2.58. The number of hydrogen-bond acceptors (Lipinski definition) is 3. The van der Waals surface area contributed by atoms with Gasteiger partial charge in [-0.05, 0) is 36.1 Å². The Morgan fingerprint density at radius 2 is 1.68 bits per heavy atom. The summed E-state index contributed by atoms with van der Waals surface area (Å²) >= 11 is 0. The highest BCUT2D eigenvalue weighted by Gasteiger charge is 2.18. The second-order valence-electron chi connectivity index (χ2n) is 7.05. The molecule has 0 saturated heterocycles. The summed E-state index contributed by atoms with van der Waals surface area (Å²) in [4.78, 5) is 11.9. The summed E-state index contributed by atoms with van der Waals surface area (Å²) in [5.74, 6) is 1.40. The largest absolute Gasteiger partial charge is 0.492 e. The van der Waals surface area contributed by atoms with E-state index in [1.54, 1.807) is 0 Å². The summed E-state index contributed by atoms with van der Waals surface area (Å²) < 4.78 is 11.3. The first-order chi connectivity index (χ1) is 11.9.